The summed E-state index contributed by atoms with van der Waals surface area (Å²) in [7, 11) is 0. The van der Waals surface area contributed by atoms with E-state index in [0.29, 0.717) is 15.7 Å². The van der Waals surface area contributed by atoms with Crippen molar-refractivity contribution < 1.29 is 14.3 Å². The molecule has 0 amide bonds. The molecule has 0 spiro atoms. The number of carboxylic acid groups (broad SMARTS) is 1. The SMILES string of the molecule is Cc1c(F)cccc1-n1cc(Br)cc1C(=O)O. The third-order valence-corrected chi connectivity index (χ3v) is 2.94. The van der Waals surface area contributed by atoms with Crippen molar-refractivity contribution in [1.29, 1.82) is 0 Å². The molecule has 0 radical (unpaired) electrons. The van der Waals surface area contributed by atoms with Crippen molar-refractivity contribution in [1.82, 2.24) is 4.57 Å². The fourth-order valence-corrected chi connectivity index (χ4v) is 2.07. The topological polar surface area (TPSA) is 42.2 Å². The maximum absolute atomic E-state index is 13.4. The van der Waals surface area contributed by atoms with E-state index in [1.165, 1.54) is 16.7 Å². The first-order chi connectivity index (χ1) is 8.00. The van der Waals surface area contributed by atoms with Crippen molar-refractivity contribution in [3.63, 3.8) is 0 Å². The summed E-state index contributed by atoms with van der Waals surface area (Å²) < 4.78 is 15.5. The number of hydrogen-bond acceptors (Lipinski definition) is 1. The van der Waals surface area contributed by atoms with E-state index < -0.39 is 5.97 Å². The molecule has 0 unspecified atom stereocenters. The molecule has 3 nitrogen and oxygen atoms in total. The minimum Gasteiger partial charge on any atom is -0.477 e. The van der Waals surface area contributed by atoms with Gasteiger partial charge in [-0.1, -0.05) is 6.07 Å². The smallest absolute Gasteiger partial charge is 0.352 e. The lowest BCUT2D eigenvalue weighted by atomic mass is 10.2. The number of carboxylic acids is 1. The van der Waals surface area contributed by atoms with Crippen molar-refractivity contribution in [2.75, 3.05) is 0 Å². The minimum atomic E-state index is -1.06. The Labute approximate surface area is 106 Å². The van der Waals surface area contributed by atoms with Crippen LogP contribution in [0.1, 0.15) is 16.1 Å². The van der Waals surface area contributed by atoms with Crippen molar-refractivity contribution in [2.24, 2.45) is 0 Å². The zero-order chi connectivity index (χ0) is 12.6. The van der Waals surface area contributed by atoms with Crippen molar-refractivity contribution in [2.45, 2.75) is 6.92 Å². The van der Waals surface area contributed by atoms with Crippen LogP contribution in [0.5, 0.6) is 0 Å². The zero-order valence-electron chi connectivity index (χ0n) is 8.95. The molecule has 88 valence electrons. The number of aromatic carboxylic acids is 1. The van der Waals surface area contributed by atoms with Crippen LogP contribution in [0.15, 0.2) is 34.9 Å². The van der Waals surface area contributed by atoms with Crippen LogP contribution in [-0.4, -0.2) is 15.6 Å². The van der Waals surface area contributed by atoms with Gasteiger partial charge in [0.25, 0.3) is 0 Å². The molecule has 2 rings (SSSR count). The Bertz CT molecular complexity index is 592. The normalized spacial score (nSPS) is 10.5. The van der Waals surface area contributed by atoms with E-state index in [0.717, 1.165) is 0 Å². The lowest BCUT2D eigenvalue weighted by Gasteiger charge is -2.09. The van der Waals surface area contributed by atoms with Gasteiger partial charge < -0.3 is 9.67 Å². The molecular formula is C12H9BrFNO2. The van der Waals surface area contributed by atoms with Crippen molar-refractivity contribution in [3.8, 4) is 5.69 Å². The molecule has 17 heavy (non-hydrogen) atoms. The van der Waals surface area contributed by atoms with Crippen LogP contribution in [0.25, 0.3) is 5.69 Å². The van der Waals surface area contributed by atoms with Gasteiger partial charge in [0.2, 0.25) is 0 Å². The monoisotopic (exact) mass is 297 g/mol. The number of hydrogen-bond donors (Lipinski definition) is 1. The van der Waals surface area contributed by atoms with Crippen LogP contribution >= 0.6 is 15.9 Å². The predicted octanol–water partition coefficient (Wildman–Crippen LogP) is 3.39. The van der Waals surface area contributed by atoms with Crippen LogP contribution in [0.3, 0.4) is 0 Å². The Hall–Kier alpha value is -1.62. The van der Waals surface area contributed by atoms with Crippen LogP contribution < -0.4 is 0 Å². The highest BCUT2D eigenvalue weighted by atomic mass is 79.9. The first kappa shape index (κ1) is 11.9. The maximum Gasteiger partial charge on any atom is 0.352 e. The summed E-state index contributed by atoms with van der Waals surface area (Å²) >= 11 is 3.21. The number of aromatic nitrogens is 1. The molecule has 0 aliphatic rings. The highest BCUT2D eigenvalue weighted by molar-refractivity contribution is 9.10. The molecule has 5 heteroatoms. The highest BCUT2D eigenvalue weighted by Gasteiger charge is 2.15. The molecule has 0 bridgehead atoms. The van der Waals surface area contributed by atoms with Gasteiger partial charge in [-0.3, -0.25) is 0 Å². The molecule has 0 aliphatic heterocycles. The third-order valence-electron chi connectivity index (χ3n) is 2.50. The van der Waals surface area contributed by atoms with Crippen LogP contribution in [0.4, 0.5) is 4.39 Å². The molecule has 2 aromatic rings. The van der Waals surface area contributed by atoms with Gasteiger partial charge in [0, 0.05) is 16.2 Å². The second kappa shape index (κ2) is 4.33. The van der Waals surface area contributed by atoms with Gasteiger partial charge in [0.05, 0.1) is 5.69 Å². The van der Waals surface area contributed by atoms with Gasteiger partial charge in [0.1, 0.15) is 11.5 Å². The fourth-order valence-electron chi connectivity index (χ4n) is 1.65. The van der Waals surface area contributed by atoms with E-state index >= 15 is 0 Å². The number of rotatable bonds is 2. The van der Waals surface area contributed by atoms with Gasteiger partial charge in [-0.15, -0.1) is 0 Å². The molecular weight excluding hydrogens is 289 g/mol. The molecule has 0 saturated heterocycles. The average Bonchev–Trinajstić information content (AvgIpc) is 2.64. The van der Waals surface area contributed by atoms with E-state index in [1.54, 1.807) is 25.3 Å². The third kappa shape index (κ3) is 2.10. The Kier molecular flexibility index (Phi) is 3.02. The second-order valence-electron chi connectivity index (χ2n) is 3.60. The molecule has 1 aromatic carbocycles. The lowest BCUT2D eigenvalue weighted by Crippen LogP contribution is -2.07. The predicted molar refractivity (Wildman–Crippen MR) is 65.1 cm³/mol. The zero-order valence-corrected chi connectivity index (χ0v) is 10.5. The quantitative estimate of drug-likeness (QED) is 0.923. The van der Waals surface area contributed by atoms with E-state index in [2.05, 4.69) is 15.9 Å². The van der Waals surface area contributed by atoms with Crippen LogP contribution in [0, 0.1) is 12.7 Å². The van der Waals surface area contributed by atoms with Gasteiger partial charge in [-0.2, -0.15) is 0 Å². The Morgan fingerprint density at radius 2 is 2.18 bits per heavy atom. The Morgan fingerprint density at radius 3 is 2.82 bits per heavy atom. The highest BCUT2D eigenvalue weighted by Crippen LogP contribution is 2.23. The number of nitrogens with zero attached hydrogens (tertiary/aromatic N) is 1. The van der Waals surface area contributed by atoms with Gasteiger partial charge in [0.15, 0.2) is 0 Å². The van der Waals surface area contributed by atoms with E-state index in [1.807, 2.05) is 0 Å². The summed E-state index contributed by atoms with van der Waals surface area (Å²) in [5.41, 5.74) is 1.02. The van der Waals surface area contributed by atoms with Crippen LogP contribution in [-0.2, 0) is 0 Å². The number of halogens is 2. The van der Waals surface area contributed by atoms with Crippen molar-refractivity contribution >= 4 is 21.9 Å². The molecule has 1 heterocycles. The molecule has 1 aromatic heterocycles. The maximum atomic E-state index is 13.4. The lowest BCUT2D eigenvalue weighted by molar-refractivity contribution is 0.0688. The van der Waals surface area contributed by atoms with Gasteiger partial charge in [-0.25, -0.2) is 9.18 Å². The van der Waals surface area contributed by atoms with Gasteiger partial charge >= 0.3 is 5.97 Å². The van der Waals surface area contributed by atoms with Gasteiger partial charge in [-0.05, 0) is 41.1 Å². The molecule has 1 N–H and O–H groups in total. The first-order valence-electron chi connectivity index (χ1n) is 4.87. The van der Waals surface area contributed by atoms with E-state index in [4.69, 9.17) is 5.11 Å². The molecule has 0 atom stereocenters. The summed E-state index contributed by atoms with van der Waals surface area (Å²) in [6, 6.07) is 6.05. The second-order valence-corrected chi connectivity index (χ2v) is 4.52. The largest absolute Gasteiger partial charge is 0.477 e. The van der Waals surface area contributed by atoms with Crippen molar-refractivity contribution in [3.05, 3.63) is 52.0 Å². The molecule has 0 aliphatic carbocycles. The van der Waals surface area contributed by atoms with E-state index in [9.17, 15) is 9.18 Å². The summed E-state index contributed by atoms with van der Waals surface area (Å²) in [5, 5.41) is 9.07. The standard InChI is InChI=1S/C12H9BrFNO2/c1-7-9(14)3-2-4-10(7)15-6-8(13)5-11(15)12(16)17/h2-6H,1H3,(H,16,17). The van der Waals surface area contributed by atoms with Crippen LogP contribution in [0.2, 0.25) is 0 Å². The Balaban J connectivity index is 2.68. The number of benzene rings is 1. The summed E-state index contributed by atoms with van der Waals surface area (Å²) in [5.74, 6) is -1.41. The molecule has 0 saturated carbocycles. The Morgan fingerprint density at radius 1 is 1.47 bits per heavy atom. The average molecular weight is 298 g/mol. The van der Waals surface area contributed by atoms with E-state index in [-0.39, 0.29) is 11.5 Å². The molecule has 0 fully saturated rings. The minimum absolute atomic E-state index is 0.0885. The summed E-state index contributed by atoms with van der Waals surface area (Å²) in [6.07, 6.45) is 1.60. The summed E-state index contributed by atoms with van der Waals surface area (Å²) in [6.45, 7) is 1.62. The first-order valence-corrected chi connectivity index (χ1v) is 5.66. The number of carbonyl (C=O) groups is 1. The fraction of sp³-hybridized carbons (Fsp3) is 0.0833. The summed E-state index contributed by atoms with van der Waals surface area (Å²) in [4.78, 5) is 11.1.